The summed E-state index contributed by atoms with van der Waals surface area (Å²) >= 11 is 0. The number of pyridine rings is 1. The SMILES string of the molecule is CNCCCN(C)S(=O)(=O)N(C)Cc1cccnc1. The van der Waals surface area contributed by atoms with E-state index in [1.54, 1.807) is 32.6 Å². The minimum absolute atomic E-state index is 0.326. The summed E-state index contributed by atoms with van der Waals surface area (Å²) in [6.45, 7) is 1.62. The highest BCUT2D eigenvalue weighted by Gasteiger charge is 2.23. The van der Waals surface area contributed by atoms with Gasteiger partial charge in [0.2, 0.25) is 0 Å². The highest BCUT2D eigenvalue weighted by atomic mass is 32.2. The van der Waals surface area contributed by atoms with Crippen LogP contribution in [0.5, 0.6) is 0 Å². The summed E-state index contributed by atoms with van der Waals surface area (Å²) in [5, 5.41) is 3.00. The zero-order valence-corrected chi connectivity index (χ0v) is 12.5. The van der Waals surface area contributed by atoms with Crippen molar-refractivity contribution in [1.82, 2.24) is 18.9 Å². The Labute approximate surface area is 115 Å². The van der Waals surface area contributed by atoms with Crippen LogP contribution >= 0.6 is 0 Å². The predicted octanol–water partition coefficient (Wildman–Crippen LogP) is 0.300. The van der Waals surface area contributed by atoms with Crippen LogP contribution < -0.4 is 5.32 Å². The lowest BCUT2D eigenvalue weighted by Gasteiger charge is -2.24. The minimum Gasteiger partial charge on any atom is -0.320 e. The van der Waals surface area contributed by atoms with E-state index >= 15 is 0 Å². The van der Waals surface area contributed by atoms with E-state index in [0.29, 0.717) is 13.1 Å². The second kappa shape index (κ2) is 7.54. The molecule has 7 heteroatoms. The molecule has 0 bridgehead atoms. The fraction of sp³-hybridized carbons (Fsp3) is 0.583. The normalized spacial score (nSPS) is 12.3. The van der Waals surface area contributed by atoms with Crippen molar-refractivity contribution in [2.75, 3.05) is 34.2 Å². The molecule has 0 aromatic carbocycles. The van der Waals surface area contributed by atoms with Crippen molar-refractivity contribution >= 4 is 10.2 Å². The van der Waals surface area contributed by atoms with Crippen LogP contribution in [0.4, 0.5) is 0 Å². The van der Waals surface area contributed by atoms with Crippen molar-refractivity contribution in [3.8, 4) is 0 Å². The van der Waals surface area contributed by atoms with Gasteiger partial charge >= 0.3 is 0 Å². The molecule has 1 aromatic rings. The molecule has 19 heavy (non-hydrogen) atoms. The Morgan fingerprint density at radius 3 is 2.63 bits per heavy atom. The molecule has 0 amide bonds. The van der Waals surface area contributed by atoms with Crippen LogP contribution in [-0.4, -0.2) is 56.2 Å². The van der Waals surface area contributed by atoms with Gasteiger partial charge in [-0.15, -0.1) is 0 Å². The zero-order chi connectivity index (χ0) is 14.3. The number of hydrogen-bond acceptors (Lipinski definition) is 4. The van der Waals surface area contributed by atoms with Crippen LogP contribution in [0.15, 0.2) is 24.5 Å². The van der Waals surface area contributed by atoms with Crippen LogP contribution in [0, 0.1) is 0 Å². The first kappa shape index (κ1) is 16.0. The number of nitrogens with zero attached hydrogens (tertiary/aromatic N) is 3. The standard InChI is InChI=1S/C12H22N4O2S/c1-13-7-5-9-15(2)19(17,18)16(3)11-12-6-4-8-14-10-12/h4,6,8,10,13H,5,7,9,11H2,1-3H3. The maximum Gasteiger partial charge on any atom is 0.281 e. The van der Waals surface area contributed by atoms with Crippen molar-refractivity contribution in [3.63, 3.8) is 0 Å². The summed E-state index contributed by atoms with van der Waals surface area (Å²) in [6.07, 6.45) is 4.13. The monoisotopic (exact) mass is 286 g/mol. The van der Waals surface area contributed by atoms with Gasteiger partial charge in [-0.25, -0.2) is 0 Å². The highest BCUT2D eigenvalue weighted by molar-refractivity contribution is 7.86. The lowest BCUT2D eigenvalue weighted by atomic mass is 10.3. The Balaban J connectivity index is 2.60. The zero-order valence-electron chi connectivity index (χ0n) is 11.7. The second-order valence-corrected chi connectivity index (χ2v) is 6.55. The maximum absolute atomic E-state index is 12.2. The number of hydrogen-bond donors (Lipinski definition) is 1. The molecule has 6 nitrogen and oxygen atoms in total. The molecule has 0 fully saturated rings. The van der Waals surface area contributed by atoms with Crippen molar-refractivity contribution in [1.29, 1.82) is 0 Å². The van der Waals surface area contributed by atoms with Gasteiger partial charge in [0, 0.05) is 39.6 Å². The van der Waals surface area contributed by atoms with Gasteiger partial charge in [-0.3, -0.25) is 4.98 Å². The lowest BCUT2D eigenvalue weighted by Crippen LogP contribution is -2.40. The van der Waals surface area contributed by atoms with E-state index in [-0.39, 0.29) is 0 Å². The van der Waals surface area contributed by atoms with E-state index in [2.05, 4.69) is 10.3 Å². The van der Waals surface area contributed by atoms with Gasteiger partial charge in [0.1, 0.15) is 0 Å². The van der Waals surface area contributed by atoms with Crippen LogP contribution in [0.2, 0.25) is 0 Å². The van der Waals surface area contributed by atoms with E-state index in [1.165, 1.54) is 8.61 Å². The Morgan fingerprint density at radius 2 is 2.05 bits per heavy atom. The van der Waals surface area contributed by atoms with E-state index in [0.717, 1.165) is 18.5 Å². The highest BCUT2D eigenvalue weighted by Crippen LogP contribution is 2.09. The van der Waals surface area contributed by atoms with Gasteiger partial charge in [0.05, 0.1) is 0 Å². The number of aromatic nitrogens is 1. The third-order valence-corrected chi connectivity index (χ3v) is 4.70. The summed E-state index contributed by atoms with van der Waals surface area (Å²) in [6, 6.07) is 3.66. The molecule has 0 aliphatic rings. The molecule has 0 saturated carbocycles. The molecule has 0 atom stereocenters. The second-order valence-electron chi connectivity index (χ2n) is 4.40. The van der Waals surface area contributed by atoms with Crippen LogP contribution in [-0.2, 0) is 16.8 Å². The lowest BCUT2D eigenvalue weighted by molar-refractivity contribution is 0.385. The fourth-order valence-electron chi connectivity index (χ4n) is 1.66. The van der Waals surface area contributed by atoms with Gasteiger partial charge in [0.25, 0.3) is 10.2 Å². The van der Waals surface area contributed by atoms with Crippen LogP contribution in [0.1, 0.15) is 12.0 Å². The molecule has 0 radical (unpaired) electrons. The molecule has 0 spiro atoms. The van der Waals surface area contributed by atoms with Gasteiger partial charge in [-0.2, -0.15) is 17.0 Å². The Morgan fingerprint density at radius 1 is 1.32 bits per heavy atom. The number of nitrogens with one attached hydrogen (secondary N) is 1. The smallest absolute Gasteiger partial charge is 0.281 e. The number of rotatable bonds is 8. The van der Waals surface area contributed by atoms with Gasteiger partial charge in [-0.05, 0) is 31.6 Å². The fourth-order valence-corrected chi connectivity index (χ4v) is 2.81. The van der Waals surface area contributed by atoms with E-state index < -0.39 is 10.2 Å². The minimum atomic E-state index is -3.41. The molecule has 1 N–H and O–H groups in total. The predicted molar refractivity (Wildman–Crippen MR) is 75.8 cm³/mol. The average molecular weight is 286 g/mol. The van der Waals surface area contributed by atoms with Crippen molar-refractivity contribution in [3.05, 3.63) is 30.1 Å². The summed E-state index contributed by atoms with van der Waals surface area (Å²) in [4.78, 5) is 3.98. The maximum atomic E-state index is 12.2. The van der Waals surface area contributed by atoms with Crippen LogP contribution in [0.3, 0.4) is 0 Å². The molecule has 1 heterocycles. The summed E-state index contributed by atoms with van der Waals surface area (Å²) in [5.41, 5.74) is 0.872. The van der Waals surface area contributed by atoms with Gasteiger partial charge < -0.3 is 5.32 Å². The first-order chi connectivity index (χ1) is 8.98. The molecule has 1 aromatic heterocycles. The third kappa shape index (κ3) is 4.87. The molecule has 0 unspecified atom stereocenters. The largest absolute Gasteiger partial charge is 0.320 e. The third-order valence-electron chi connectivity index (χ3n) is 2.82. The van der Waals surface area contributed by atoms with Crippen LogP contribution in [0.25, 0.3) is 0 Å². The molecule has 0 aliphatic heterocycles. The van der Waals surface area contributed by atoms with Gasteiger partial charge in [-0.1, -0.05) is 6.07 Å². The van der Waals surface area contributed by atoms with E-state index in [1.807, 2.05) is 13.1 Å². The van der Waals surface area contributed by atoms with E-state index in [9.17, 15) is 8.42 Å². The Hall–Kier alpha value is -1.02. The topological polar surface area (TPSA) is 65.5 Å². The summed E-state index contributed by atoms with van der Waals surface area (Å²) in [5.74, 6) is 0. The average Bonchev–Trinajstić information content (AvgIpc) is 2.40. The molecular formula is C12H22N4O2S. The Bertz CT molecular complexity index is 464. The summed E-state index contributed by atoms with van der Waals surface area (Å²) < 4.78 is 27.2. The van der Waals surface area contributed by atoms with Gasteiger partial charge in [0.15, 0.2) is 0 Å². The summed E-state index contributed by atoms with van der Waals surface area (Å²) in [7, 11) is 1.63. The first-order valence-electron chi connectivity index (χ1n) is 6.19. The molecule has 0 aliphatic carbocycles. The Kier molecular flexibility index (Phi) is 6.36. The first-order valence-corrected chi connectivity index (χ1v) is 7.59. The van der Waals surface area contributed by atoms with Crippen molar-refractivity contribution in [2.45, 2.75) is 13.0 Å². The van der Waals surface area contributed by atoms with Crippen molar-refractivity contribution in [2.24, 2.45) is 0 Å². The molecule has 108 valence electrons. The molecule has 1 rings (SSSR count). The molecular weight excluding hydrogens is 264 g/mol. The quantitative estimate of drug-likeness (QED) is 0.698. The molecule has 0 saturated heterocycles. The van der Waals surface area contributed by atoms with Crippen molar-refractivity contribution < 1.29 is 8.42 Å². The van der Waals surface area contributed by atoms with E-state index in [4.69, 9.17) is 0 Å².